The number of carbonyl (C=O) groups is 1. The Hall–Kier alpha value is -3.02. The van der Waals surface area contributed by atoms with Crippen molar-refractivity contribution in [1.82, 2.24) is 9.55 Å². The Balaban J connectivity index is 1.58. The van der Waals surface area contributed by atoms with Gasteiger partial charge in [-0.3, -0.25) is 4.57 Å². The first-order chi connectivity index (χ1) is 12.1. The molecule has 0 aliphatic heterocycles. The van der Waals surface area contributed by atoms with E-state index >= 15 is 0 Å². The molecule has 6 heteroatoms. The lowest BCUT2D eigenvalue weighted by atomic mass is 10.2. The molecule has 0 amide bonds. The standard InChI is InChI=1S/C19H21N3O3/c1-21(2)15-8-5-7-14(13-15)18(23)25-12-6-11-22-17-10-4-3-9-16(17)20-19(22)24/h3-5,7-10,13H,6,11-12H2,1-2H3,(H,20,24). The molecule has 0 saturated heterocycles. The third-order valence-corrected chi connectivity index (χ3v) is 4.04. The maximum atomic E-state index is 12.1. The first-order valence-corrected chi connectivity index (χ1v) is 8.18. The Kier molecular flexibility index (Phi) is 4.88. The number of para-hydroxylation sites is 2. The topological polar surface area (TPSA) is 67.3 Å². The quantitative estimate of drug-likeness (QED) is 0.554. The van der Waals surface area contributed by atoms with Crippen molar-refractivity contribution in [1.29, 1.82) is 0 Å². The number of ether oxygens (including phenoxy) is 1. The van der Waals surface area contributed by atoms with Crippen LogP contribution in [0.25, 0.3) is 11.0 Å². The van der Waals surface area contributed by atoms with Crippen molar-refractivity contribution >= 4 is 22.7 Å². The highest BCUT2D eigenvalue weighted by molar-refractivity contribution is 5.90. The Labute approximate surface area is 145 Å². The molecule has 0 radical (unpaired) electrons. The Morgan fingerprint density at radius 2 is 1.96 bits per heavy atom. The van der Waals surface area contributed by atoms with E-state index < -0.39 is 0 Å². The third-order valence-electron chi connectivity index (χ3n) is 4.04. The zero-order valence-electron chi connectivity index (χ0n) is 14.4. The molecule has 6 nitrogen and oxygen atoms in total. The summed E-state index contributed by atoms with van der Waals surface area (Å²) >= 11 is 0. The van der Waals surface area contributed by atoms with Gasteiger partial charge in [0.2, 0.25) is 0 Å². The highest BCUT2D eigenvalue weighted by Gasteiger charge is 2.09. The molecular weight excluding hydrogens is 318 g/mol. The molecule has 0 atom stereocenters. The normalized spacial score (nSPS) is 10.8. The second-order valence-corrected chi connectivity index (χ2v) is 6.03. The van der Waals surface area contributed by atoms with Gasteiger partial charge in [0.25, 0.3) is 0 Å². The van der Waals surface area contributed by atoms with Crippen LogP contribution in [0.4, 0.5) is 5.69 Å². The molecule has 1 N–H and O–H groups in total. The van der Waals surface area contributed by atoms with Crippen LogP contribution < -0.4 is 10.6 Å². The number of fused-ring (bicyclic) bond motifs is 1. The Bertz CT molecular complexity index is 940. The molecule has 130 valence electrons. The summed E-state index contributed by atoms with van der Waals surface area (Å²) in [6.45, 7) is 0.755. The van der Waals surface area contributed by atoms with Crippen molar-refractivity contribution in [3.63, 3.8) is 0 Å². The molecule has 0 unspecified atom stereocenters. The number of nitrogens with zero attached hydrogens (tertiary/aromatic N) is 2. The van der Waals surface area contributed by atoms with Crippen molar-refractivity contribution in [2.75, 3.05) is 25.6 Å². The number of nitrogens with one attached hydrogen (secondary N) is 1. The van der Waals surface area contributed by atoms with Crippen LogP contribution in [0.15, 0.2) is 53.3 Å². The van der Waals surface area contributed by atoms with E-state index in [-0.39, 0.29) is 18.3 Å². The van der Waals surface area contributed by atoms with Crippen molar-refractivity contribution in [2.24, 2.45) is 0 Å². The predicted molar refractivity (Wildman–Crippen MR) is 98.2 cm³/mol. The van der Waals surface area contributed by atoms with Gasteiger partial charge in [0.05, 0.1) is 23.2 Å². The second kappa shape index (κ2) is 7.25. The fourth-order valence-corrected chi connectivity index (χ4v) is 2.71. The molecule has 0 aliphatic carbocycles. The van der Waals surface area contributed by atoms with E-state index in [4.69, 9.17) is 4.74 Å². The average Bonchev–Trinajstić information content (AvgIpc) is 2.94. The highest BCUT2D eigenvalue weighted by Crippen LogP contribution is 2.14. The van der Waals surface area contributed by atoms with Gasteiger partial charge in [-0.15, -0.1) is 0 Å². The molecule has 3 rings (SSSR count). The molecule has 0 saturated carbocycles. The summed E-state index contributed by atoms with van der Waals surface area (Å²) < 4.78 is 6.99. The van der Waals surface area contributed by atoms with Gasteiger partial charge >= 0.3 is 11.7 Å². The number of aromatic nitrogens is 2. The number of carbonyl (C=O) groups excluding carboxylic acids is 1. The lowest BCUT2D eigenvalue weighted by Crippen LogP contribution is -2.18. The van der Waals surface area contributed by atoms with Crippen LogP contribution in [-0.4, -0.2) is 36.2 Å². The fraction of sp³-hybridized carbons (Fsp3) is 0.263. The zero-order chi connectivity index (χ0) is 17.8. The van der Waals surface area contributed by atoms with Crippen LogP contribution in [0.3, 0.4) is 0 Å². The molecule has 0 bridgehead atoms. The van der Waals surface area contributed by atoms with E-state index in [0.717, 1.165) is 16.7 Å². The van der Waals surface area contributed by atoms with Crippen LogP contribution >= 0.6 is 0 Å². The second-order valence-electron chi connectivity index (χ2n) is 6.03. The number of benzene rings is 2. The van der Waals surface area contributed by atoms with Gasteiger partial charge in [-0.1, -0.05) is 18.2 Å². The van der Waals surface area contributed by atoms with Crippen LogP contribution in [0.2, 0.25) is 0 Å². The number of hydrogen-bond acceptors (Lipinski definition) is 4. The highest BCUT2D eigenvalue weighted by atomic mass is 16.5. The Morgan fingerprint density at radius 1 is 1.16 bits per heavy atom. The van der Waals surface area contributed by atoms with Gasteiger partial charge in [-0.2, -0.15) is 0 Å². The third kappa shape index (κ3) is 3.74. The summed E-state index contributed by atoms with van der Waals surface area (Å²) in [6.07, 6.45) is 0.570. The maximum Gasteiger partial charge on any atom is 0.338 e. The minimum absolute atomic E-state index is 0.147. The van der Waals surface area contributed by atoms with Crippen molar-refractivity contribution in [3.8, 4) is 0 Å². The van der Waals surface area contributed by atoms with Crippen molar-refractivity contribution in [2.45, 2.75) is 13.0 Å². The molecule has 0 spiro atoms. The van der Waals surface area contributed by atoms with Gasteiger partial charge in [-0.25, -0.2) is 9.59 Å². The van der Waals surface area contributed by atoms with E-state index in [9.17, 15) is 9.59 Å². The minimum Gasteiger partial charge on any atom is -0.462 e. The van der Waals surface area contributed by atoms with E-state index in [1.807, 2.05) is 55.4 Å². The number of anilines is 1. The number of aryl methyl sites for hydroxylation is 1. The predicted octanol–water partition coefficient (Wildman–Crippen LogP) is 2.64. The SMILES string of the molecule is CN(C)c1cccc(C(=O)OCCCn2c(=O)[nH]c3ccccc32)c1. The summed E-state index contributed by atoms with van der Waals surface area (Å²) in [7, 11) is 3.84. The maximum absolute atomic E-state index is 12.1. The van der Waals surface area contributed by atoms with E-state index in [2.05, 4.69) is 4.98 Å². The largest absolute Gasteiger partial charge is 0.462 e. The van der Waals surface area contributed by atoms with Crippen molar-refractivity contribution in [3.05, 3.63) is 64.6 Å². The summed E-state index contributed by atoms with van der Waals surface area (Å²) in [5.41, 5.74) is 2.99. The number of esters is 1. The molecule has 2 aromatic carbocycles. The number of imidazole rings is 1. The van der Waals surface area contributed by atoms with Gasteiger partial charge in [0.15, 0.2) is 0 Å². The number of H-pyrrole nitrogens is 1. The number of hydrogen-bond donors (Lipinski definition) is 1. The van der Waals surface area contributed by atoms with Crippen LogP contribution in [0, 0.1) is 0 Å². The zero-order valence-corrected chi connectivity index (χ0v) is 14.4. The number of aromatic amines is 1. The first-order valence-electron chi connectivity index (χ1n) is 8.18. The Morgan fingerprint density at radius 3 is 2.76 bits per heavy atom. The first kappa shape index (κ1) is 16.8. The summed E-state index contributed by atoms with van der Waals surface area (Å²) in [6, 6.07) is 14.8. The molecule has 0 aliphatic rings. The smallest absolute Gasteiger partial charge is 0.338 e. The molecule has 1 heterocycles. The summed E-state index contributed by atoms with van der Waals surface area (Å²) in [5, 5.41) is 0. The minimum atomic E-state index is -0.352. The van der Waals surface area contributed by atoms with E-state index in [0.29, 0.717) is 18.5 Å². The number of rotatable bonds is 6. The van der Waals surface area contributed by atoms with E-state index in [1.54, 1.807) is 16.7 Å². The average molecular weight is 339 g/mol. The van der Waals surface area contributed by atoms with E-state index in [1.165, 1.54) is 0 Å². The monoisotopic (exact) mass is 339 g/mol. The summed E-state index contributed by atoms with van der Waals surface area (Å²) in [4.78, 5) is 28.9. The lowest BCUT2D eigenvalue weighted by molar-refractivity contribution is 0.0496. The molecule has 0 fully saturated rings. The molecule has 1 aromatic heterocycles. The summed E-state index contributed by atoms with van der Waals surface area (Å²) in [5.74, 6) is -0.352. The molecular formula is C19H21N3O3. The van der Waals surface area contributed by atoms with Crippen LogP contribution in [0.5, 0.6) is 0 Å². The van der Waals surface area contributed by atoms with Gasteiger partial charge in [0, 0.05) is 26.3 Å². The van der Waals surface area contributed by atoms with Crippen LogP contribution in [0.1, 0.15) is 16.8 Å². The van der Waals surface area contributed by atoms with Gasteiger partial charge in [-0.05, 0) is 36.8 Å². The van der Waals surface area contributed by atoms with Crippen LogP contribution in [-0.2, 0) is 11.3 Å². The lowest BCUT2D eigenvalue weighted by Gasteiger charge is -2.13. The molecule has 25 heavy (non-hydrogen) atoms. The van der Waals surface area contributed by atoms with Crippen molar-refractivity contribution < 1.29 is 9.53 Å². The fourth-order valence-electron chi connectivity index (χ4n) is 2.71. The molecule has 3 aromatic rings. The van der Waals surface area contributed by atoms with Gasteiger partial charge in [0.1, 0.15) is 0 Å². The van der Waals surface area contributed by atoms with Gasteiger partial charge < -0.3 is 14.6 Å².